The second kappa shape index (κ2) is 21.3. The van der Waals surface area contributed by atoms with Crippen LogP contribution in [0.5, 0.6) is 0 Å². The first kappa shape index (κ1) is 36.5. The average Bonchev–Trinajstić information content (AvgIpc) is 2.64. The Balaban J connectivity index is -0.000000155. The SMILES string of the molecule is CCCCCCP(=O)([O-])CC.CCCCP(=O)([O-])CC.CCP(=O)([O-])CC.[Al+3]. The van der Waals surface area contributed by atoms with Crippen molar-refractivity contribution in [3.05, 3.63) is 0 Å². The van der Waals surface area contributed by atoms with E-state index >= 15 is 0 Å². The molecule has 0 heterocycles. The molecular formula is C18H42AlO6P3. The largest absolute Gasteiger partial charge is 3.00 e. The summed E-state index contributed by atoms with van der Waals surface area (Å²) in [6.45, 7) is 10.9. The first-order chi connectivity index (χ1) is 12.4. The Labute approximate surface area is 184 Å². The van der Waals surface area contributed by atoms with Gasteiger partial charge in [0.05, 0.1) is 0 Å². The summed E-state index contributed by atoms with van der Waals surface area (Å²) in [5, 5.41) is 0. The number of unbranched alkanes of at least 4 members (excludes halogenated alkanes) is 4. The van der Waals surface area contributed by atoms with Gasteiger partial charge in [0.15, 0.2) is 0 Å². The Kier molecular flexibility index (Phi) is 27.8. The normalized spacial score (nSPS) is 14.9. The Morgan fingerprint density at radius 2 is 0.821 bits per heavy atom. The molecule has 0 saturated carbocycles. The van der Waals surface area contributed by atoms with E-state index in [-0.39, 0.29) is 17.4 Å². The second-order valence-electron chi connectivity index (χ2n) is 6.57. The Bertz CT molecular complexity index is 466. The van der Waals surface area contributed by atoms with Crippen molar-refractivity contribution in [2.24, 2.45) is 0 Å². The molecule has 0 amide bonds. The van der Waals surface area contributed by atoms with E-state index in [9.17, 15) is 28.4 Å². The zero-order chi connectivity index (χ0) is 22.0. The molecule has 0 aliphatic rings. The zero-order valence-electron chi connectivity index (χ0n) is 18.9. The summed E-state index contributed by atoms with van der Waals surface area (Å²) >= 11 is 0. The number of hydrogen-bond acceptors (Lipinski definition) is 6. The van der Waals surface area contributed by atoms with Gasteiger partial charge >= 0.3 is 17.4 Å². The van der Waals surface area contributed by atoms with E-state index in [0.717, 1.165) is 38.5 Å². The predicted octanol–water partition coefficient (Wildman–Crippen LogP) is 3.95. The summed E-state index contributed by atoms with van der Waals surface area (Å²) in [4.78, 5) is 32.2. The van der Waals surface area contributed by atoms with Gasteiger partial charge in [0.25, 0.3) is 0 Å². The molecule has 0 radical (unpaired) electrons. The van der Waals surface area contributed by atoms with Gasteiger partial charge in [0, 0.05) is 22.1 Å². The van der Waals surface area contributed by atoms with Crippen LogP contribution in [0.1, 0.15) is 80.1 Å². The van der Waals surface area contributed by atoms with Gasteiger partial charge in [-0.15, -0.1) is 0 Å². The fourth-order valence-corrected chi connectivity index (χ4v) is 4.30. The van der Waals surface area contributed by atoms with Crippen LogP contribution in [0.2, 0.25) is 0 Å². The van der Waals surface area contributed by atoms with Gasteiger partial charge in [-0.3, -0.25) is 0 Å². The summed E-state index contributed by atoms with van der Waals surface area (Å²) in [6.07, 6.45) is 8.02. The van der Waals surface area contributed by atoms with Crippen molar-refractivity contribution in [2.75, 3.05) is 37.0 Å². The summed E-state index contributed by atoms with van der Waals surface area (Å²) in [7, 11) is -8.81. The van der Waals surface area contributed by atoms with Gasteiger partial charge in [0.1, 0.15) is 0 Å². The average molecular weight is 474 g/mol. The van der Waals surface area contributed by atoms with E-state index in [1.807, 2.05) is 6.92 Å². The quantitative estimate of drug-likeness (QED) is 0.240. The minimum Gasteiger partial charge on any atom is -0.799 e. The van der Waals surface area contributed by atoms with Gasteiger partial charge in [-0.2, -0.15) is 0 Å². The van der Waals surface area contributed by atoms with Crippen LogP contribution in [0, 0.1) is 0 Å². The van der Waals surface area contributed by atoms with E-state index < -0.39 is 22.1 Å². The van der Waals surface area contributed by atoms with Crippen LogP contribution in [0.25, 0.3) is 0 Å². The molecule has 0 fully saturated rings. The van der Waals surface area contributed by atoms with Gasteiger partial charge in [-0.1, -0.05) is 67.2 Å². The van der Waals surface area contributed by atoms with Crippen molar-refractivity contribution in [1.29, 1.82) is 0 Å². The molecule has 0 aliphatic heterocycles. The predicted molar refractivity (Wildman–Crippen MR) is 120 cm³/mol. The smallest absolute Gasteiger partial charge is 0.799 e. The molecule has 0 aromatic heterocycles. The van der Waals surface area contributed by atoms with Crippen molar-refractivity contribution in [3.63, 3.8) is 0 Å². The van der Waals surface area contributed by atoms with Crippen molar-refractivity contribution in [1.82, 2.24) is 0 Å². The van der Waals surface area contributed by atoms with Crippen molar-refractivity contribution in [3.8, 4) is 0 Å². The number of hydrogen-bond donors (Lipinski definition) is 0. The van der Waals surface area contributed by atoms with Crippen LogP contribution in [-0.2, 0) is 13.7 Å². The molecular weight excluding hydrogens is 432 g/mol. The summed E-state index contributed by atoms with van der Waals surface area (Å²) in [6, 6.07) is 0. The summed E-state index contributed by atoms with van der Waals surface area (Å²) < 4.78 is 32.2. The van der Waals surface area contributed by atoms with E-state index in [1.54, 1.807) is 27.7 Å². The topological polar surface area (TPSA) is 120 Å². The van der Waals surface area contributed by atoms with E-state index in [2.05, 4.69) is 6.92 Å². The molecule has 0 rings (SSSR count). The van der Waals surface area contributed by atoms with Gasteiger partial charge < -0.3 is 28.4 Å². The Morgan fingerprint density at radius 1 is 0.500 bits per heavy atom. The fraction of sp³-hybridized carbons (Fsp3) is 1.00. The van der Waals surface area contributed by atoms with E-state index in [0.29, 0.717) is 37.0 Å². The minimum atomic E-state index is -2.96. The van der Waals surface area contributed by atoms with E-state index in [1.165, 1.54) is 0 Å². The van der Waals surface area contributed by atoms with Crippen LogP contribution in [0.15, 0.2) is 0 Å². The third-order valence-electron chi connectivity index (χ3n) is 4.13. The molecule has 2 unspecified atom stereocenters. The molecule has 0 aliphatic carbocycles. The van der Waals surface area contributed by atoms with Crippen LogP contribution >= 0.6 is 22.1 Å². The number of rotatable bonds is 12. The van der Waals surface area contributed by atoms with Gasteiger partial charge in [0.2, 0.25) is 0 Å². The maximum absolute atomic E-state index is 11.0. The summed E-state index contributed by atoms with van der Waals surface area (Å²) in [5.41, 5.74) is 0. The molecule has 10 heteroatoms. The van der Waals surface area contributed by atoms with Crippen molar-refractivity contribution in [2.45, 2.75) is 80.1 Å². The van der Waals surface area contributed by atoms with Gasteiger partial charge in [-0.25, -0.2) is 0 Å². The first-order valence-electron chi connectivity index (χ1n) is 10.2. The van der Waals surface area contributed by atoms with E-state index in [4.69, 9.17) is 0 Å². The first-order valence-corrected chi connectivity index (χ1v) is 16.2. The molecule has 0 aromatic carbocycles. The minimum absolute atomic E-state index is 0. The van der Waals surface area contributed by atoms with Crippen molar-refractivity contribution < 1.29 is 28.4 Å². The summed E-state index contributed by atoms with van der Waals surface area (Å²) in [5.74, 6) is 0. The Morgan fingerprint density at radius 3 is 1.07 bits per heavy atom. The second-order valence-corrected chi connectivity index (χ2v) is 14.9. The molecule has 28 heavy (non-hydrogen) atoms. The van der Waals surface area contributed by atoms with Crippen LogP contribution < -0.4 is 14.7 Å². The monoisotopic (exact) mass is 474 g/mol. The molecule has 0 N–H and O–H groups in total. The molecule has 2 atom stereocenters. The third-order valence-corrected chi connectivity index (χ3v) is 9.98. The fourth-order valence-electron chi connectivity index (χ4n) is 1.72. The molecule has 6 nitrogen and oxygen atoms in total. The molecule has 168 valence electrons. The molecule has 0 spiro atoms. The van der Waals surface area contributed by atoms with Crippen LogP contribution in [0.3, 0.4) is 0 Å². The van der Waals surface area contributed by atoms with Gasteiger partial charge in [-0.05, 0) is 49.8 Å². The molecule has 0 saturated heterocycles. The molecule has 0 bridgehead atoms. The maximum atomic E-state index is 11.0. The van der Waals surface area contributed by atoms with Crippen molar-refractivity contribution >= 4 is 39.5 Å². The Hall–Kier alpha value is 1.10. The van der Waals surface area contributed by atoms with Crippen LogP contribution in [-0.4, -0.2) is 54.3 Å². The maximum Gasteiger partial charge on any atom is 3.00 e. The molecule has 0 aromatic rings. The van der Waals surface area contributed by atoms with Crippen LogP contribution in [0.4, 0.5) is 0 Å². The zero-order valence-corrected chi connectivity index (χ0v) is 22.7. The third kappa shape index (κ3) is 29.3. The standard InChI is InChI=1S/C8H19O2P.C6H15O2P.C4H11O2P.Al/c1-3-5-6-7-8-11(9,10)4-2;1-3-5-6-9(7,8)4-2;1-3-7(5,6)4-2;/h3-8H2,1-2H3,(H,9,10);3-6H2,1-2H3,(H,7,8);3-4H2,1-2H3,(H,5,6);/q;;;+3/p-3.